The van der Waals surface area contributed by atoms with Gasteiger partial charge in [-0.15, -0.1) is 6.42 Å². The zero-order valence-corrected chi connectivity index (χ0v) is 10.1. The molecule has 1 atom stereocenters. The topological polar surface area (TPSA) is 41.1 Å². The number of para-hydroxylation sites is 1. The second-order valence-corrected chi connectivity index (χ2v) is 3.80. The molecular weight excluding hydrogens is 212 g/mol. The number of carbonyl (C=O) groups is 1. The van der Waals surface area contributed by atoms with E-state index in [9.17, 15) is 4.79 Å². The summed E-state index contributed by atoms with van der Waals surface area (Å²) in [5, 5.41) is 5.84. The summed E-state index contributed by atoms with van der Waals surface area (Å²) in [6.07, 6.45) is 7.24. The fourth-order valence-electron chi connectivity index (χ4n) is 1.48. The molecule has 1 rings (SSSR count). The third-order valence-electron chi connectivity index (χ3n) is 2.35. The third kappa shape index (κ3) is 5.19. The predicted molar refractivity (Wildman–Crippen MR) is 70.6 cm³/mol. The number of hydrogen-bond donors (Lipinski definition) is 2. The normalized spacial score (nSPS) is 11.5. The first-order chi connectivity index (χ1) is 8.26. The third-order valence-corrected chi connectivity index (χ3v) is 2.35. The standard InChI is InChI=1S/C14H18N2O/c1-3-8-12(4-2)15-11-14(17)16-13-9-6-5-7-10-13/h2,5-7,9-10,12,15H,3,8,11H2,1H3,(H,16,17). The molecule has 0 heterocycles. The van der Waals surface area contributed by atoms with Crippen molar-refractivity contribution in [2.24, 2.45) is 0 Å². The van der Waals surface area contributed by atoms with E-state index < -0.39 is 0 Å². The Morgan fingerprint density at radius 3 is 2.71 bits per heavy atom. The van der Waals surface area contributed by atoms with Crippen LogP contribution in [0.4, 0.5) is 5.69 Å². The minimum atomic E-state index is -0.0763. The Bertz CT molecular complexity index is 381. The average molecular weight is 230 g/mol. The molecule has 90 valence electrons. The van der Waals surface area contributed by atoms with E-state index in [4.69, 9.17) is 6.42 Å². The molecule has 0 aliphatic rings. The molecule has 0 aliphatic carbocycles. The lowest BCUT2D eigenvalue weighted by Gasteiger charge is -2.11. The molecule has 1 aromatic carbocycles. The molecule has 0 saturated carbocycles. The maximum Gasteiger partial charge on any atom is 0.238 e. The van der Waals surface area contributed by atoms with E-state index >= 15 is 0 Å². The van der Waals surface area contributed by atoms with Gasteiger partial charge in [0.15, 0.2) is 0 Å². The summed E-state index contributed by atoms with van der Waals surface area (Å²) >= 11 is 0. The van der Waals surface area contributed by atoms with Gasteiger partial charge in [-0.05, 0) is 18.6 Å². The smallest absolute Gasteiger partial charge is 0.238 e. The molecule has 0 aromatic heterocycles. The van der Waals surface area contributed by atoms with Gasteiger partial charge in [-0.3, -0.25) is 10.1 Å². The van der Waals surface area contributed by atoms with Crippen molar-refractivity contribution in [3.05, 3.63) is 30.3 Å². The first kappa shape index (κ1) is 13.3. The Morgan fingerprint density at radius 2 is 2.12 bits per heavy atom. The second-order valence-electron chi connectivity index (χ2n) is 3.80. The number of rotatable bonds is 6. The molecule has 0 bridgehead atoms. The molecule has 0 aliphatic heterocycles. The van der Waals surface area contributed by atoms with Gasteiger partial charge in [-0.25, -0.2) is 0 Å². The van der Waals surface area contributed by atoms with Crippen molar-refractivity contribution in [1.29, 1.82) is 0 Å². The van der Waals surface area contributed by atoms with Crippen molar-refractivity contribution in [3.63, 3.8) is 0 Å². The van der Waals surface area contributed by atoms with Gasteiger partial charge in [0.25, 0.3) is 0 Å². The molecular formula is C14H18N2O. The first-order valence-electron chi connectivity index (χ1n) is 5.80. The van der Waals surface area contributed by atoms with Gasteiger partial charge in [-0.1, -0.05) is 37.5 Å². The number of benzene rings is 1. The monoisotopic (exact) mass is 230 g/mol. The van der Waals surface area contributed by atoms with Crippen LogP contribution in [0.2, 0.25) is 0 Å². The van der Waals surface area contributed by atoms with Crippen LogP contribution in [0.15, 0.2) is 30.3 Å². The summed E-state index contributed by atoms with van der Waals surface area (Å²) in [6.45, 7) is 2.31. The summed E-state index contributed by atoms with van der Waals surface area (Å²) in [6, 6.07) is 9.34. The Kier molecular flexibility index (Phi) is 5.84. The summed E-state index contributed by atoms with van der Waals surface area (Å²) in [7, 11) is 0. The van der Waals surface area contributed by atoms with Crippen LogP contribution in [0.25, 0.3) is 0 Å². The molecule has 17 heavy (non-hydrogen) atoms. The Balaban J connectivity index is 2.33. The summed E-state index contributed by atoms with van der Waals surface area (Å²) in [4.78, 5) is 11.6. The van der Waals surface area contributed by atoms with Gasteiger partial charge in [0, 0.05) is 5.69 Å². The van der Waals surface area contributed by atoms with E-state index in [2.05, 4.69) is 23.5 Å². The van der Waals surface area contributed by atoms with Crippen LogP contribution in [0, 0.1) is 12.3 Å². The minimum absolute atomic E-state index is 0.0264. The highest BCUT2D eigenvalue weighted by Gasteiger charge is 2.06. The quantitative estimate of drug-likeness (QED) is 0.734. The fourth-order valence-corrected chi connectivity index (χ4v) is 1.48. The van der Waals surface area contributed by atoms with E-state index in [1.54, 1.807) is 0 Å². The van der Waals surface area contributed by atoms with Crippen LogP contribution in [-0.2, 0) is 4.79 Å². The Hall–Kier alpha value is -1.79. The number of nitrogens with one attached hydrogen (secondary N) is 2. The predicted octanol–water partition coefficient (Wildman–Crippen LogP) is 2.02. The molecule has 0 fully saturated rings. The van der Waals surface area contributed by atoms with Crippen LogP contribution in [0.1, 0.15) is 19.8 Å². The summed E-state index contributed by atoms with van der Waals surface area (Å²) < 4.78 is 0. The van der Waals surface area contributed by atoms with Crippen LogP contribution in [0.5, 0.6) is 0 Å². The number of anilines is 1. The van der Waals surface area contributed by atoms with E-state index in [-0.39, 0.29) is 18.5 Å². The van der Waals surface area contributed by atoms with Crippen LogP contribution < -0.4 is 10.6 Å². The summed E-state index contributed by atoms with van der Waals surface area (Å²) in [5.41, 5.74) is 0.798. The molecule has 0 spiro atoms. The van der Waals surface area contributed by atoms with E-state index in [0.29, 0.717) is 0 Å². The molecule has 2 N–H and O–H groups in total. The Labute approximate surface area is 103 Å². The molecule has 3 heteroatoms. The number of amides is 1. The van der Waals surface area contributed by atoms with Gasteiger partial charge in [0.2, 0.25) is 5.91 Å². The van der Waals surface area contributed by atoms with Crippen LogP contribution in [-0.4, -0.2) is 18.5 Å². The maximum atomic E-state index is 11.6. The van der Waals surface area contributed by atoms with E-state index in [1.165, 1.54) is 0 Å². The molecule has 1 amide bonds. The largest absolute Gasteiger partial charge is 0.325 e. The second kappa shape index (κ2) is 7.48. The minimum Gasteiger partial charge on any atom is -0.325 e. The van der Waals surface area contributed by atoms with Crippen molar-refractivity contribution in [2.45, 2.75) is 25.8 Å². The van der Waals surface area contributed by atoms with Gasteiger partial charge >= 0.3 is 0 Å². The average Bonchev–Trinajstić information content (AvgIpc) is 2.35. The SMILES string of the molecule is C#CC(CCC)NCC(=O)Nc1ccccc1. The van der Waals surface area contributed by atoms with Gasteiger partial charge < -0.3 is 5.32 Å². The molecule has 0 radical (unpaired) electrons. The van der Waals surface area contributed by atoms with Gasteiger partial charge in [0.05, 0.1) is 12.6 Å². The summed E-state index contributed by atoms with van der Waals surface area (Å²) in [5.74, 6) is 2.55. The lowest BCUT2D eigenvalue weighted by molar-refractivity contribution is -0.115. The Morgan fingerprint density at radius 1 is 1.41 bits per heavy atom. The van der Waals surface area contributed by atoms with E-state index in [1.807, 2.05) is 30.3 Å². The lowest BCUT2D eigenvalue weighted by Crippen LogP contribution is -2.35. The van der Waals surface area contributed by atoms with Gasteiger partial charge in [-0.2, -0.15) is 0 Å². The van der Waals surface area contributed by atoms with Crippen molar-refractivity contribution in [1.82, 2.24) is 5.32 Å². The highest BCUT2D eigenvalue weighted by molar-refractivity contribution is 5.92. The van der Waals surface area contributed by atoms with Crippen molar-refractivity contribution in [2.75, 3.05) is 11.9 Å². The highest BCUT2D eigenvalue weighted by atomic mass is 16.1. The van der Waals surface area contributed by atoms with Crippen molar-refractivity contribution < 1.29 is 4.79 Å². The molecule has 1 aromatic rings. The van der Waals surface area contributed by atoms with Crippen LogP contribution >= 0.6 is 0 Å². The molecule has 3 nitrogen and oxygen atoms in total. The first-order valence-corrected chi connectivity index (χ1v) is 5.80. The number of hydrogen-bond acceptors (Lipinski definition) is 2. The maximum absolute atomic E-state index is 11.6. The lowest BCUT2D eigenvalue weighted by atomic mass is 10.2. The molecule has 0 saturated heterocycles. The van der Waals surface area contributed by atoms with Crippen molar-refractivity contribution >= 4 is 11.6 Å². The van der Waals surface area contributed by atoms with Gasteiger partial charge in [0.1, 0.15) is 0 Å². The van der Waals surface area contributed by atoms with E-state index in [0.717, 1.165) is 18.5 Å². The zero-order valence-electron chi connectivity index (χ0n) is 10.1. The highest BCUT2D eigenvalue weighted by Crippen LogP contribution is 2.04. The zero-order chi connectivity index (χ0) is 12.5. The van der Waals surface area contributed by atoms with Crippen LogP contribution in [0.3, 0.4) is 0 Å². The van der Waals surface area contributed by atoms with Crippen molar-refractivity contribution in [3.8, 4) is 12.3 Å². The fraction of sp³-hybridized carbons (Fsp3) is 0.357. The molecule has 1 unspecified atom stereocenters. The number of carbonyl (C=O) groups excluding carboxylic acids is 1. The number of terminal acetylenes is 1.